The van der Waals surface area contributed by atoms with Crippen molar-refractivity contribution in [1.82, 2.24) is 9.78 Å². The number of amides is 1. The van der Waals surface area contributed by atoms with Gasteiger partial charge in [-0.2, -0.15) is 5.10 Å². The van der Waals surface area contributed by atoms with Gasteiger partial charge in [-0.1, -0.05) is 6.07 Å². The number of hydrogen-bond donors (Lipinski definition) is 1. The molecule has 3 aromatic rings. The van der Waals surface area contributed by atoms with Gasteiger partial charge in [0.1, 0.15) is 11.6 Å². The van der Waals surface area contributed by atoms with Crippen molar-refractivity contribution in [2.24, 2.45) is 0 Å². The molecule has 6 heteroatoms. The first-order valence-electron chi connectivity index (χ1n) is 6.92. The Morgan fingerprint density at radius 3 is 2.48 bits per heavy atom. The minimum Gasteiger partial charge on any atom is -0.320 e. The first kappa shape index (κ1) is 14.9. The Morgan fingerprint density at radius 2 is 1.78 bits per heavy atom. The molecular weight excluding hydrogens is 300 g/mol. The molecule has 0 bridgehead atoms. The fourth-order valence-electron chi connectivity index (χ4n) is 2.19. The summed E-state index contributed by atoms with van der Waals surface area (Å²) in [5.41, 5.74) is 1.91. The van der Waals surface area contributed by atoms with Crippen LogP contribution in [-0.2, 0) is 0 Å². The van der Waals surface area contributed by atoms with Crippen LogP contribution in [0.2, 0.25) is 0 Å². The van der Waals surface area contributed by atoms with Gasteiger partial charge in [0.2, 0.25) is 0 Å². The monoisotopic (exact) mass is 313 g/mol. The third-order valence-electron chi connectivity index (χ3n) is 3.27. The summed E-state index contributed by atoms with van der Waals surface area (Å²) in [5.74, 6) is -1.22. The van der Waals surface area contributed by atoms with Gasteiger partial charge in [-0.05, 0) is 55.5 Å². The summed E-state index contributed by atoms with van der Waals surface area (Å²) in [7, 11) is 0. The number of aromatic nitrogens is 2. The van der Waals surface area contributed by atoms with E-state index in [2.05, 4.69) is 10.4 Å². The summed E-state index contributed by atoms with van der Waals surface area (Å²) < 4.78 is 27.7. The van der Waals surface area contributed by atoms with E-state index in [-0.39, 0.29) is 11.5 Å². The van der Waals surface area contributed by atoms with Crippen LogP contribution in [0.3, 0.4) is 0 Å². The van der Waals surface area contributed by atoms with Crippen molar-refractivity contribution < 1.29 is 13.6 Å². The molecule has 0 aliphatic carbocycles. The summed E-state index contributed by atoms with van der Waals surface area (Å²) >= 11 is 0. The van der Waals surface area contributed by atoms with Crippen LogP contribution in [0.15, 0.2) is 54.6 Å². The lowest BCUT2D eigenvalue weighted by Gasteiger charge is -2.04. The number of nitrogens with zero attached hydrogens (tertiary/aromatic N) is 2. The van der Waals surface area contributed by atoms with Crippen LogP contribution < -0.4 is 5.32 Å². The Balaban J connectivity index is 1.85. The van der Waals surface area contributed by atoms with Crippen molar-refractivity contribution in [2.45, 2.75) is 6.92 Å². The Bertz CT molecular complexity index is 857. The van der Waals surface area contributed by atoms with Gasteiger partial charge in [-0.3, -0.25) is 4.79 Å². The van der Waals surface area contributed by atoms with E-state index in [1.54, 1.807) is 35.9 Å². The molecular formula is C17H13F2N3O. The molecule has 1 N–H and O–H groups in total. The van der Waals surface area contributed by atoms with Gasteiger partial charge in [0, 0.05) is 11.4 Å². The maximum Gasteiger partial charge on any atom is 0.276 e. The van der Waals surface area contributed by atoms with Crippen molar-refractivity contribution in [3.8, 4) is 5.69 Å². The number of anilines is 1. The Labute approximate surface area is 131 Å². The van der Waals surface area contributed by atoms with Crippen LogP contribution in [0.5, 0.6) is 0 Å². The van der Waals surface area contributed by atoms with E-state index in [0.29, 0.717) is 11.4 Å². The van der Waals surface area contributed by atoms with Crippen molar-refractivity contribution in [3.63, 3.8) is 0 Å². The number of hydrogen-bond acceptors (Lipinski definition) is 2. The van der Waals surface area contributed by atoms with Crippen molar-refractivity contribution >= 4 is 11.6 Å². The minimum atomic E-state index is -0.445. The summed E-state index contributed by atoms with van der Waals surface area (Å²) in [6.07, 6.45) is 0. The number of carbonyl (C=O) groups is 1. The molecule has 0 saturated carbocycles. The second kappa shape index (κ2) is 6.00. The molecule has 0 fully saturated rings. The van der Waals surface area contributed by atoms with Gasteiger partial charge < -0.3 is 5.32 Å². The van der Waals surface area contributed by atoms with Crippen LogP contribution in [-0.4, -0.2) is 15.7 Å². The van der Waals surface area contributed by atoms with E-state index in [1.807, 2.05) is 0 Å². The van der Waals surface area contributed by atoms with Crippen molar-refractivity contribution in [2.75, 3.05) is 5.32 Å². The standard InChI is InChI=1S/C17H13F2N3O/c1-11-9-16(17(23)20-14-4-2-3-13(19)10-14)21-22(11)15-7-5-12(18)6-8-15/h2-10H,1H3,(H,20,23). The maximum absolute atomic E-state index is 13.1. The lowest BCUT2D eigenvalue weighted by molar-refractivity contribution is 0.102. The molecule has 23 heavy (non-hydrogen) atoms. The van der Waals surface area contributed by atoms with Gasteiger partial charge in [0.15, 0.2) is 5.69 Å². The largest absolute Gasteiger partial charge is 0.320 e. The van der Waals surface area contributed by atoms with Crippen LogP contribution >= 0.6 is 0 Å². The van der Waals surface area contributed by atoms with Gasteiger partial charge in [0.05, 0.1) is 5.69 Å². The van der Waals surface area contributed by atoms with Crippen LogP contribution in [0.25, 0.3) is 5.69 Å². The first-order valence-corrected chi connectivity index (χ1v) is 6.92. The minimum absolute atomic E-state index is 0.191. The second-order valence-electron chi connectivity index (χ2n) is 5.02. The normalized spacial score (nSPS) is 10.6. The lowest BCUT2D eigenvalue weighted by atomic mass is 10.3. The fraction of sp³-hybridized carbons (Fsp3) is 0.0588. The highest BCUT2D eigenvalue weighted by Crippen LogP contribution is 2.15. The van der Waals surface area contributed by atoms with E-state index in [4.69, 9.17) is 0 Å². The molecule has 1 amide bonds. The predicted octanol–water partition coefficient (Wildman–Crippen LogP) is 3.71. The van der Waals surface area contributed by atoms with Crippen LogP contribution in [0.4, 0.5) is 14.5 Å². The highest BCUT2D eigenvalue weighted by atomic mass is 19.1. The number of carbonyl (C=O) groups excluding carboxylic acids is 1. The molecule has 116 valence electrons. The molecule has 1 heterocycles. The van der Waals surface area contributed by atoms with Gasteiger partial charge in [0.25, 0.3) is 5.91 Å². The number of aryl methyl sites for hydroxylation is 1. The van der Waals surface area contributed by atoms with Crippen molar-refractivity contribution in [3.05, 3.63) is 77.6 Å². The van der Waals surface area contributed by atoms with E-state index in [1.165, 1.54) is 30.3 Å². The average Bonchev–Trinajstić information content (AvgIpc) is 2.90. The molecule has 0 atom stereocenters. The lowest BCUT2D eigenvalue weighted by Crippen LogP contribution is -2.13. The SMILES string of the molecule is Cc1cc(C(=O)Nc2cccc(F)c2)nn1-c1ccc(F)cc1. The zero-order valence-corrected chi connectivity index (χ0v) is 12.3. The Morgan fingerprint density at radius 1 is 1.04 bits per heavy atom. The third-order valence-corrected chi connectivity index (χ3v) is 3.27. The number of benzene rings is 2. The summed E-state index contributed by atoms with van der Waals surface area (Å²) in [4.78, 5) is 12.2. The molecule has 0 aliphatic heterocycles. The molecule has 4 nitrogen and oxygen atoms in total. The van der Waals surface area contributed by atoms with Crippen molar-refractivity contribution in [1.29, 1.82) is 0 Å². The van der Waals surface area contributed by atoms with E-state index in [0.717, 1.165) is 5.69 Å². The number of rotatable bonds is 3. The molecule has 1 aromatic heterocycles. The Kier molecular flexibility index (Phi) is 3.89. The average molecular weight is 313 g/mol. The van der Waals surface area contributed by atoms with Crippen LogP contribution in [0, 0.1) is 18.6 Å². The zero-order valence-electron chi connectivity index (χ0n) is 12.3. The molecule has 0 saturated heterocycles. The summed E-state index contributed by atoms with van der Waals surface area (Å²) in [5, 5.41) is 6.80. The third kappa shape index (κ3) is 3.26. The van der Waals surface area contributed by atoms with Gasteiger partial charge in [-0.25, -0.2) is 13.5 Å². The Hall–Kier alpha value is -3.02. The van der Waals surface area contributed by atoms with E-state index < -0.39 is 11.7 Å². The quantitative estimate of drug-likeness (QED) is 0.801. The van der Waals surface area contributed by atoms with E-state index >= 15 is 0 Å². The van der Waals surface area contributed by atoms with E-state index in [9.17, 15) is 13.6 Å². The smallest absolute Gasteiger partial charge is 0.276 e. The highest BCUT2D eigenvalue weighted by molar-refractivity contribution is 6.02. The van der Waals surface area contributed by atoms with Gasteiger partial charge >= 0.3 is 0 Å². The molecule has 2 aromatic carbocycles. The number of nitrogens with one attached hydrogen (secondary N) is 1. The molecule has 3 rings (SSSR count). The highest BCUT2D eigenvalue weighted by Gasteiger charge is 2.13. The molecule has 0 unspecified atom stereocenters. The maximum atomic E-state index is 13.1. The van der Waals surface area contributed by atoms with Crippen LogP contribution in [0.1, 0.15) is 16.2 Å². The number of halogens is 2. The fourth-order valence-corrected chi connectivity index (χ4v) is 2.19. The molecule has 0 radical (unpaired) electrons. The molecule has 0 aliphatic rings. The molecule has 0 spiro atoms. The second-order valence-corrected chi connectivity index (χ2v) is 5.02. The topological polar surface area (TPSA) is 46.9 Å². The first-order chi connectivity index (χ1) is 11.0. The zero-order chi connectivity index (χ0) is 16.4. The predicted molar refractivity (Wildman–Crippen MR) is 82.6 cm³/mol. The summed E-state index contributed by atoms with van der Waals surface area (Å²) in [6, 6.07) is 13.0. The van der Waals surface area contributed by atoms with Gasteiger partial charge in [-0.15, -0.1) is 0 Å². The summed E-state index contributed by atoms with van der Waals surface area (Å²) in [6.45, 7) is 1.79.